The first-order valence-corrected chi connectivity index (χ1v) is 6.90. The topological polar surface area (TPSA) is 43.4 Å². The molecule has 1 spiro atoms. The van der Waals surface area contributed by atoms with Crippen molar-refractivity contribution >= 4 is 11.8 Å². The van der Waals surface area contributed by atoms with Gasteiger partial charge in [-0.15, -0.1) is 0 Å². The largest absolute Gasteiger partial charge is 0.459 e. The molecule has 0 aromatic rings. The van der Waals surface area contributed by atoms with E-state index in [4.69, 9.17) is 4.74 Å². The summed E-state index contributed by atoms with van der Waals surface area (Å²) in [6, 6.07) is 0. The summed E-state index contributed by atoms with van der Waals surface area (Å²) in [5.74, 6) is 0.467. The van der Waals surface area contributed by atoms with Gasteiger partial charge in [0.05, 0.1) is 5.41 Å². The molecule has 0 radical (unpaired) electrons. The Morgan fingerprint density at radius 1 is 1.39 bits per heavy atom. The molecule has 2 fully saturated rings. The molecule has 1 aliphatic heterocycles. The lowest BCUT2D eigenvalue weighted by Crippen LogP contribution is -2.43. The summed E-state index contributed by atoms with van der Waals surface area (Å²) in [6.07, 6.45) is 4.95. The third-order valence-electron chi connectivity index (χ3n) is 5.24. The molecular weight excluding hydrogens is 228 g/mol. The lowest BCUT2D eigenvalue weighted by molar-refractivity contribution is -0.153. The van der Waals surface area contributed by atoms with Crippen LogP contribution in [-0.2, 0) is 14.3 Å². The van der Waals surface area contributed by atoms with Crippen LogP contribution in [0.4, 0.5) is 0 Å². The number of carbonyl (C=O) groups is 2. The van der Waals surface area contributed by atoms with Crippen LogP contribution in [0, 0.1) is 17.3 Å². The molecule has 3 heteroatoms. The van der Waals surface area contributed by atoms with Crippen LogP contribution < -0.4 is 0 Å². The molecule has 0 unspecified atom stereocenters. The van der Waals surface area contributed by atoms with Crippen molar-refractivity contribution in [2.45, 2.75) is 52.1 Å². The summed E-state index contributed by atoms with van der Waals surface area (Å²) < 4.78 is 5.65. The molecule has 3 aliphatic rings. The van der Waals surface area contributed by atoms with Crippen molar-refractivity contribution in [3.8, 4) is 0 Å². The van der Waals surface area contributed by atoms with Gasteiger partial charge in [-0.3, -0.25) is 9.59 Å². The van der Waals surface area contributed by atoms with E-state index in [-0.39, 0.29) is 29.2 Å². The Kier molecular flexibility index (Phi) is 2.30. The van der Waals surface area contributed by atoms with Gasteiger partial charge in [-0.05, 0) is 44.3 Å². The number of carbonyl (C=O) groups excluding carboxylic acids is 2. The van der Waals surface area contributed by atoms with Gasteiger partial charge in [0.25, 0.3) is 0 Å². The molecule has 1 saturated heterocycles. The van der Waals surface area contributed by atoms with E-state index in [0.29, 0.717) is 6.42 Å². The fourth-order valence-electron chi connectivity index (χ4n) is 4.55. The average molecular weight is 248 g/mol. The highest BCUT2D eigenvalue weighted by Crippen LogP contribution is 2.64. The molecule has 0 aromatic carbocycles. The molecular formula is C15H20O3. The quantitative estimate of drug-likeness (QED) is 0.670. The first kappa shape index (κ1) is 11.9. The summed E-state index contributed by atoms with van der Waals surface area (Å²) in [4.78, 5) is 24.3. The van der Waals surface area contributed by atoms with E-state index in [1.807, 2.05) is 13.8 Å². The summed E-state index contributed by atoms with van der Waals surface area (Å²) in [6.45, 7) is 6.09. The minimum Gasteiger partial charge on any atom is -0.459 e. The van der Waals surface area contributed by atoms with E-state index in [2.05, 4.69) is 6.92 Å². The highest BCUT2D eigenvalue weighted by Gasteiger charge is 2.68. The Morgan fingerprint density at radius 2 is 2.11 bits per heavy atom. The first-order chi connectivity index (χ1) is 8.42. The third-order valence-corrected chi connectivity index (χ3v) is 5.24. The molecule has 2 aliphatic carbocycles. The maximum Gasteiger partial charge on any atom is 0.317 e. The maximum absolute atomic E-state index is 12.5. The van der Waals surface area contributed by atoms with Crippen LogP contribution in [0.3, 0.4) is 0 Å². The van der Waals surface area contributed by atoms with E-state index in [1.165, 1.54) is 0 Å². The molecule has 0 N–H and O–H groups in total. The molecule has 1 saturated carbocycles. The van der Waals surface area contributed by atoms with Gasteiger partial charge in [-0.2, -0.15) is 0 Å². The minimum absolute atomic E-state index is 0.0828. The van der Waals surface area contributed by atoms with Crippen molar-refractivity contribution in [2.24, 2.45) is 17.3 Å². The SMILES string of the molecule is CC[C@@H]1CC(=O)C=C2CC[C@@H]3C(C)(C)OC(=O)[C@@]213. The van der Waals surface area contributed by atoms with Gasteiger partial charge in [0.15, 0.2) is 5.78 Å². The zero-order chi connectivity index (χ0) is 13.1. The molecule has 3 rings (SSSR count). The zero-order valence-corrected chi connectivity index (χ0v) is 11.3. The lowest BCUT2D eigenvalue weighted by atomic mass is 9.59. The van der Waals surface area contributed by atoms with Gasteiger partial charge in [-0.1, -0.05) is 13.3 Å². The second-order valence-corrected chi connectivity index (χ2v) is 6.40. The van der Waals surface area contributed by atoms with Crippen LogP contribution in [0.2, 0.25) is 0 Å². The summed E-state index contributed by atoms with van der Waals surface area (Å²) in [7, 11) is 0. The molecule has 1 heterocycles. The van der Waals surface area contributed by atoms with Crippen LogP contribution in [0.1, 0.15) is 46.5 Å². The molecule has 0 aromatic heterocycles. The van der Waals surface area contributed by atoms with Gasteiger partial charge in [-0.25, -0.2) is 0 Å². The average Bonchev–Trinajstić information content (AvgIpc) is 2.75. The second-order valence-electron chi connectivity index (χ2n) is 6.40. The van der Waals surface area contributed by atoms with Gasteiger partial charge in [0.1, 0.15) is 5.60 Å². The van der Waals surface area contributed by atoms with Crippen LogP contribution in [0.25, 0.3) is 0 Å². The fraction of sp³-hybridized carbons (Fsp3) is 0.733. The van der Waals surface area contributed by atoms with Gasteiger partial charge >= 0.3 is 5.97 Å². The zero-order valence-electron chi connectivity index (χ0n) is 11.3. The Morgan fingerprint density at radius 3 is 2.78 bits per heavy atom. The van der Waals surface area contributed by atoms with Crippen molar-refractivity contribution in [3.63, 3.8) is 0 Å². The van der Waals surface area contributed by atoms with Crippen LogP contribution in [0.5, 0.6) is 0 Å². The van der Waals surface area contributed by atoms with Crippen LogP contribution in [0.15, 0.2) is 11.6 Å². The summed E-state index contributed by atoms with van der Waals surface area (Å²) >= 11 is 0. The predicted octanol–water partition coefficient (Wildman–Crippen LogP) is 2.64. The minimum atomic E-state index is -0.480. The Bertz CT molecular complexity index is 460. The second kappa shape index (κ2) is 3.46. The third kappa shape index (κ3) is 1.20. The molecule has 0 bridgehead atoms. The van der Waals surface area contributed by atoms with Crippen molar-refractivity contribution in [1.82, 2.24) is 0 Å². The van der Waals surface area contributed by atoms with Crippen LogP contribution in [-0.4, -0.2) is 17.4 Å². The van der Waals surface area contributed by atoms with Gasteiger partial charge in [0, 0.05) is 12.3 Å². The lowest BCUT2D eigenvalue weighted by Gasteiger charge is -2.38. The van der Waals surface area contributed by atoms with Crippen molar-refractivity contribution in [3.05, 3.63) is 11.6 Å². The number of esters is 1. The molecule has 18 heavy (non-hydrogen) atoms. The Hall–Kier alpha value is -1.12. The Balaban J connectivity index is 2.19. The predicted molar refractivity (Wildman–Crippen MR) is 66.8 cm³/mol. The van der Waals surface area contributed by atoms with E-state index in [9.17, 15) is 9.59 Å². The van der Waals surface area contributed by atoms with Gasteiger partial charge < -0.3 is 4.74 Å². The van der Waals surface area contributed by atoms with Crippen molar-refractivity contribution in [2.75, 3.05) is 0 Å². The number of rotatable bonds is 1. The number of ether oxygens (including phenoxy) is 1. The normalized spacial score (nSPS) is 41.2. The summed E-state index contributed by atoms with van der Waals surface area (Å²) in [5, 5.41) is 0. The highest BCUT2D eigenvalue weighted by atomic mass is 16.6. The smallest absolute Gasteiger partial charge is 0.317 e. The van der Waals surface area contributed by atoms with Crippen LogP contribution >= 0.6 is 0 Å². The standard InChI is InChI=1S/C15H20O3/c1-4-9-7-11(16)8-10-5-6-12-14(2,3)18-13(17)15(9,10)12/h8-9,12H,4-7H2,1-3H3/t9-,12-,15-/m1/s1. The van der Waals surface area contributed by atoms with Crippen molar-refractivity contribution in [1.29, 1.82) is 0 Å². The van der Waals surface area contributed by atoms with E-state index >= 15 is 0 Å². The molecule has 3 atom stereocenters. The molecule has 3 nitrogen and oxygen atoms in total. The number of ketones is 1. The number of hydrogen-bond donors (Lipinski definition) is 0. The molecule has 0 amide bonds. The number of hydrogen-bond acceptors (Lipinski definition) is 3. The first-order valence-electron chi connectivity index (χ1n) is 6.90. The Labute approximate surface area is 108 Å². The van der Waals surface area contributed by atoms with E-state index in [1.54, 1.807) is 6.08 Å². The van der Waals surface area contributed by atoms with E-state index in [0.717, 1.165) is 24.8 Å². The van der Waals surface area contributed by atoms with Crippen molar-refractivity contribution < 1.29 is 14.3 Å². The van der Waals surface area contributed by atoms with E-state index < -0.39 is 5.41 Å². The monoisotopic (exact) mass is 248 g/mol. The number of cyclic esters (lactones) is 1. The fourth-order valence-corrected chi connectivity index (χ4v) is 4.55. The van der Waals surface area contributed by atoms with Gasteiger partial charge in [0.2, 0.25) is 0 Å². The maximum atomic E-state index is 12.5. The number of allylic oxidation sites excluding steroid dienone is 1. The summed E-state index contributed by atoms with van der Waals surface area (Å²) in [5.41, 5.74) is 0.179. The highest BCUT2D eigenvalue weighted by molar-refractivity contribution is 5.97. The molecule has 98 valence electrons.